The van der Waals surface area contributed by atoms with E-state index in [1.807, 2.05) is 0 Å². The molecule has 0 unspecified atom stereocenters. The number of anilines is 1. The van der Waals surface area contributed by atoms with Gasteiger partial charge in [-0.25, -0.2) is 4.39 Å². The molecule has 1 aromatic carbocycles. The number of halogens is 1. The Bertz CT molecular complexity index is 398. The third-order valence-electron chi connectivity index (χ3n) is 1.56. The van der Waals surface area contributed by atoms with E-state index in [2.05, 4.69) is 5.32 Å². The van der Waals surface area contributed by atoms with Crippen molar-refractivity contribution in [3.8, 4) is 6.07 Å². The van der Waals surface area contributed by atoms with Gasteiger partial charge in [-0.3, -0.25) is 4.79 Å². The minimum atomic E-state index is -0.613. The van der Waals surface area contributed by atoms with E-state index in [1.165, 1.54) is 12.1 Å². The van der Waals surface area contributed by atoms with Gasteiger partial charge in [0.2, 0.25) is 5.91 Å². The van der Waals surface area contributed by atoms with Crippen LogP contribution in [0.15, 0.2) is 18.2 Å². The fourth-order valence-corrected chi connectivity index (χ4v) is 0.901. The van der Waals surface area contributed by atoms with Crippen LogP contribution in [0.3, 0.4) is 0 Å². The Hall–Kier alpha value is -1.93. The number of nitrogens with zero attached hydrogens (tertiary/aromatic N) is 1. The molecule has 0 saturated carbocycles. The third kappa shape index (κ3) is 2.28. The first-order valence-electron chi connectivity index (χ1n) is 3.87. The summed E-state index contributed by atoms with van der Waals surface area (Å²) in [5.41, 5.74) is 5.32. The van der Waals surface area contributed by atoms with Crippen LogP contribution in [0, 0.1) is 17.1 Å². The number of carbonyl (C=O) groups is 1. The second kappa shape index (κ2) is 4.35. The van der Waals surface area contributed by atoms with Gasteiger partial charge in [-0.05, 0) is 18.2 Å². The summed E-state index contributed by atoms with van der Waals surface area (Å²) >= 11 is 0. The van der Waals surface area contributed by atoms with Crippen LogP contribution >= 0.6 is 0 Å². The minimum Gasteiger partial charge on any atom is -0.325 e. The molecule has 0 aliphatic rings. The molecule has 0 radical (unpaired) electrons. The van der Waals surface area contributed by atoms with Gasteiger partial charge in [0.05, 0.1) is 12.1 Å². The number of nitriles is 1. The molecule has 0 fully saturated rings. The molecular formula is C9H8FN3O. The van der Waals surface area contributed by atoms with Crippen LogP contribution in [0.25, 0.3) is 0 Å². The van der Waals surface area contributed by atoms with Gasteiger partial charge < -0.3 is 11.1 Å². The zero-order chi connectivity index (χ0) is 10.6. The lowest BCUT2D eigenvalue weighted by Gasteiger charge is -2.03. The largest absolute Gasteiger partial charge is 0.325 e. The molecule has 4 nitrogen and oxygen atoms in total. The van der Waals surface area contributed by atoms with Gasteiger partial charge in [-0.15, -0.1) is 0 Å². The summed E-state index contributed by atoms with van der Waals surface area (Å²) in [5.74, 6) is -1.00. The number of carbonyl (C=O) groups excluding carboxylic acids is 1. The Kier molecular flexibility index (Phi) is 3.15. The van der Waals surface area contributed by atoms with E-state index in [0.717, 1.165) is 6.07 Å². The maximum absolute atomic E-state index is 12.8. The van der Waals surface area contributed by atoms with Gasteiger partial charge in [0.25, 0.3) is 0 Å². The topological polar surface area (TPSA) is 78.9 Å². The van der Waals surface area contributed by atoms with Crippen LogP contribution in [0.1, 0.15) is 5.56 Å². The van der Waals surface area contributed by atoms with Gasteiger partial charge in [0.15, 0.2) is 0 Å². The predicted octanol–water partition coefficient (Wildman–Crippen LogP) is 0.595. The van der Waals surface area contributed by atoms with E-state index >= 15 is 0 Å². The number of hydrogen-bond donors (Lipinski definition) is 2. The number of benzene rings is 1. The molecule has 0 aromatic heterocycles. The molecular weight excluding hydrogens is 185 g/mol. The average Bonchev–Trinajstić information content (AvgIpc) is 2.20. The lowest BCUT2D eigenvalue weighted by Crippen LogP contribution is -2.21. The Labute approximate surface area is 80.1 Å². The molecule has 0 bridgehead atoms. The van der Waals surface area contributed by atoms with Gasteiger partial charge in [-0.2, -0.15) is 5.26 Å². The average molecular weight is 193 g/mol. The molecule has 5 heteroatoms. The molecule has 0 aliphatic carbocycles. The Morgan fingerprint density at radius 3 is 2.93 bits per heavy atom. The van der Waals surface area contributed by atoms with E-state index in [4.69, 9.17) is 11.0 Å². The van der Waals surface area contributed by atoms with Gasteiger partial charge in [0, 0.05) is 5.69 Å². The summed E-state index contributed by atoms with van der Waals surface area (Å²) in [6.07, 6.45) is 0. The summed E-state index contributed by atoms with van der Waals surface area (Å²) in [5, 5.41) is 10.9. The first kappa shape index (κ1) is 10.2. The second-order valence-corrected chi connectivity index (χ2v) is 2.56. The van der Waals surface area contributed by atoms with Gasteiger partial charge in [-0.1, -0.05) is 0 Å². The van der Waals surface area contributed by atoms with Crippen molar-refractivity contribution in [2.45, 2.75) is 0 Å². The third-order valence-corrected chi connectivity index (χ3v) is 1.56. The quantitative estimate of drug-likeness (QED) is 0.721. The Morgan fingerprint density at radius 2 is 2.36 bits per heavy atom. The van der Waals surface area contributed by atoms with Crippen molar-refractivity contribution in [3.05, 3.63) is 29.6 Å². The SMILES string of the molecule is N#Cc1cc(NC(=O)CN)ccc1F. The van der Waals surface area contributed by atoms with Crippen molar-refractivity contribution < 1.29 is 9.18 Å². The first-order chi connectivity index (χ1) is 6.67. The van der Waals surface area contributed by atoms with Crippen LogP contribution < -0.4 is 11.1 Å². The Balaban J connectivity index is 2.91. The smallest absolute Gasteiger partial charge is 0.238 e. The van der Waals surface area contributed by atoms with E-state index < -0.39 is 5.82 Å². The highest BCUT2D eigenvalue weighted by Gasteiger charge is 2.04. The fourth-order valence-electron chi connectivity index (χ4n) is 0.901. The monoisotopic (exact) mass is 193 g/mol. The lowest BCUT2D eigenvalue weighted by molar-refractivity contribution is -0.114. The van der Waals surface area contributed by atoms with Crippen LogP contribution in [0.2, 0.25) is 0 Å². The second-order valence-electron chi connectivity index (χ2n) is 2.56. The number of nitrogens with two attached hydrogens (primary N) is 1. The van der Waals surface area contributed by atoms with E-state index in [1.54, 1.807) is 6.07 Å². The zero-order valence-corrected chi connectivity index (χ0v) is 7.25. The molecule has 1 rings (SSSR count). The maximum Gasteiger partial charge on any atom is 0.238 e. The highest BCUT2D eigenvalue weighted by atomic mass is 19.1. The van der Waals surface area contributed by atoms with E-state index in [-0.39, 0.29) is 18.0 Å². The molecule has 14 heavy (non-hydrogen) atoms. The molecule has 0 spiro atoms. The summed E-state index contributed by atoms with van der Waals surface area (Å²) in [6, 6.07) is 5.40. The lowest BCUT2D eigenvalue weighted by atomic mass is 10.2. The molecule has 0 saturated heterocycles. The van der Waals surface area contributed by atoms with Gasteiger partial charge >= 0.3 is 0 Å². The fraction of sp³-hybridized carbons (Fsp3) is 0.111. The standard InChI is InChI=1S/C9H8FN3O/c10-8-2-1-7(3-6(8)4-11)13-9(14)5-12/h1-3H,5,12H2,(H,13,14). The Morgan fingerprint density at radius 1 is 1.64 bits per heavy atom. The summed E-state index contributed by atoms with van der Waals surface area (Å²) in [7, 11) is 0. The van der Waals surface area contributed by atoms with E-state index in [9.17, 15) is 9.18 Å². The summed E-state index contributed by atoms with van der Waals surface area (Å²) in [6.45, 7) is -0.154. The normalized spacial score (nSPS) is 9.21. The van der Waals surface area contributed by atoms with Crippen molar-refractivity contribution in [2.24, 2.45) is 5.73 Å². The predicted molar refractivity (Wildman–Crippen MR) is 48.8 cm³/mol. The van der Waals surface area contributed by atoms with Crippen molar-refractivity contribution in [2.75, 3.05) is 11.9 Å². The van der Waals surface area contributed by atoms with E-state index in [0.29, 0.717) is 5.69 Å². The molecule has 0 atom stereocenters. The number of nitrogens with one attached hydrogen (secondary N) is 1. The number of rotatable bonds is 2. The first-order valence-corrected chi connectivity index (χ1v) is 3.87. The van der Waals surface area contributed by atoms with Crippen LogP contribution in [-0.2, 0) is 4.79 Å². The molecule has 0 aliphatic heterocycles. The number of amides is 1. The van der Waals surface area contributed by atoms with Crippen molar-refractivity contribution in [1.29, 1.82) is 5.26 Å². The molecule has 3 N–H and O–H groups in total. The number of hydrogen-bond acceptors (Lipinski definition) is 3. The molecule has 1 aromatic rings. The summed E-state index contributed by atoms with van der Waals surface area (Å²) in [4.78, 5) is 10.9. The highest BCUT2D eigenvalue weighted by Crippen LogP contribution is 2.13. The van der Waals surface area contributed by atoms with Crippen LogP contribution in [-0.4, -0.2) is 12.5 Å². The molecule has 72 valence electrons. The maximum atomic E-state index is 12.8. The minimum absolute atomic E-state index is 0.111. The molecule has 0 heterocycles. The van der Waals surface area contributed by atoms with Crippen molar-refractivity contribution >= 4 is 11.6 Å². The highest BCUT2D eigenvalue weighted by molar-refractivity contribution is 5.92. The van der Waals surface area contributed by atoms with Crippen molar-refractivity contribution in [1.82, 2.24) is 0 Å². The van der Waals surface area contributed by atoms with Crippen molar-refractivity contribution in [3.63, 3.8) is 0 Å². The van der Waals surface area contributed by atoms with Crippen LogP contribution in [0.4, 0.5) is 10.1 Å². The molecule has 1 amide bonds. The van der Waals surface area contributed by atoms with Crippen LogP contribution in [0.5, 0.6) is 0 Å². The summed E-state index contributed by atoms with van der Waals surface area (Å²) < 4.78 is 12.8. The van der Waals surface area contributed by atoms with Gasteiger partial charge in [0.1, 0.15) is 11.9 Å². The zero-order valence-electron chi connectivity index (χ0n) is 7.25.